The Morgan fingerprint density at radius 1 is 0.571 bits per heavy atom. The molecule has 0 fully saturated rings. The van der Waals surface area contributed by atoms with Crippen LogP contribution in [0, 0.1) is 0 Å². The van der Waals surface area contributed by atoms with Crippen molar-refractivity contribution in [3.8, 4) is 21.6 Å². The standard InChI is InChI=1S/C39H38N2S/c1-4-40-36-25-24-35(33-14-10-11-15-34(33)36)39(31-12-8-7-9-13-31)32-22-18-29(19-23-32)28-16-20-30(21-17-28)37-26-27-38(42-37)41(5-2)6-3/h7-27,39-40H,4-6H2,1-3H3. The molecule has 2 nitrogen and oxygen atoms in total. The van der Waals surface area contributed by atoms with Crippen LogP contribution in [0.1, 0.15) is 43.4 Å². The molecule has 6 aromatic rings. The summed E-state index contributed by atoms with van der Waals surface area (Å²) in [5.41, 5.74) is 8.86. The highest BCUT2D eigenvalue weighted by Crippen LogP contribution is 2.39. The average Bonchev–Trinajstić information content (AvgIpc) is 3.54. The molecule has 0 saturated carbocycles. The minimum absolute atomic E-state index is 0.141. The van der Waals surface area contributed by atoms with Crippen LogP contribution in [0.3, 0.4) is 0 Å². The number of rotatable bonds is 10. The van der Waals surface area contributed by atoms with Crippen LogP contribution in [-0.2, 0) is 0 Å². The number of thiophene rings is 1. The van der Waals surface area contributed by atoms with Crippen molar-refractivity contribution < 1.29 is 0 Å². The molecule has 5 aromatic carbocycles. The second kappa shape index (κ2) is 12.7. The van der Waals surface area contributed by atoms with Crippen LogP contribution in [0.4, 0.5) is 10.7 Å². The number of anilines is 2. The maximum Gasteiger partial charge on any atom is 0.0914 e. The third-order valence-corrected chi connectivity index (χ3v) is 9.38. The van der Waals surface area contributed by atoms with Gasteiger partial charge in [-0.2, -0.15) is 0 Å². The van der Waals surface area contributed by atoms with Crippen molar-refractivity contribution in [2.24, 2.45) is 0 Å². The molecular weight excluding hydrogens is 529 g/mol. The molecule has 6 rings (SSSR count). The van der Waals surface area contributed by atoms with E-state index in [1.807, 2.05) is 11.3 Å². The first-order valence-corrected chi connectivity index (χ1v) is 15.9. The van der Waals surface area contributed by atoms with Crippen molar-refractivity contribution in [2.45, 2.75) is 26.7 Å². The van der Waals surface area contributed by atoms with Crippen LogP contribution in [0.25, 0.3) is 32.3 Å². The summed E-state index contributed by atoms with van der Waals surface area (Å²) in [5, 5.41) is 7.45. The summed E-state index contributed by atoms with van der Waals surface area (Å²) in [6.07, 6.45) is 0. The Morgan fingerprint density at radius 3 is 1.83 bits per heavy atom. The molecule has 210 valence electrons. The molecule has 0 radical (unpaired) electrons. The number of benzene rings is 5. The summed E-state index contributed by atoms with van der Waals surface area (Å²) in [4.78, 5) is 3.73. The Kier molecular flexibility index (Phi) is 8.39. The highest BCUT2D eigenvalue weighted by atomic mass is 32.1. The fourth-order valence-electron chi connectivity index (χ4n) is 6.00. The lowest BCUT2D eigenvalue weighted by molar-refractivity contribution is 0.876. The third kappa shape index (κ3) is 5.57. The molecule has 0 amide bonds. The van der Waals surface area contributed by atoms with Crippen molar-refractivity contribution in [2.75, 3.05) is 29.9 Å². The first-order valence-electron chi connectivity index (χ1n) is 15.1. The van der Waals surface area contributed by atoms with E-state index in [-0.39, 0.29) is 5.92 Å². The monoisotopic (exact) mass is 566 g/mol. The van der Waals surface area contributed by atoms with E-state index in [0.717, 1.165) is 19.6 Å². The summed E-state index contributed by atoms with van der Waals surface area (Å²) >= 11 is 1.87. The van der Waals surface area contributed by atoms with Crippen LogP contribution >= 0.6 is 11.3 Å². The van der Waals surface area contributed by atoms with Crippen LogP contribution in [-0.4, -0.2) is 19.6 Å². The zero-order valence-electron chi connectivity index (χ0n) is 24.7. The first-order chi connectivity index (χ1) is 20.7. The van der Waals surface area contributed by atoms with Gasteiger partial charge in [-0.05, 0) is 77.7 Å². The van der Waals surface area contributed by atoms with E-state index in [2.05, 4.69) is 158 Å². The lowest BCUT2D eigenvalue weighted by Gasteiger charge is -2.22. The Labute approximate surface area is 254 Å². The molecule has 0 aliphatic carbocycles. The normalized spacial score (nSPS) is 11.9. The van der Waals surface area contributed by atoms with Gasteiger partial charge in [-0.1, -0.05) is 109 Å². The van der Waals surface area contributed by atoms with Gasteiger partial charge in [-0.3, -0.25) is 0 Å². The smallest absolute Gasteiger partial charge is 0.0914 e. The van der Waals surface area contributed by atoms with Crippen LogP contribution in [0.15, 0.2) is 127 Å². The van der Waals surface area contributed by atoms with Crippen LogP contribution in [0.5, 0.6) is 0 Å². The topological polar surface area (TPSA) is 15.3 Å². The fourth-order valence-corrected chi connectivity index (χ4v) is 7.14. The maximum absolute atomic E-state index is 3.55. The van der Waals surface area contributed by atoms with Crippen molar-refractivity contribution in [1.82, 2.24) is 0 Å². The molecule has 0 saturated heterocycles. The van der Waals surface area contributed by atoms with E-state index in [4.69, 9.17) is 0 Å². The molecule has 0 spiro atoms. The number of nitrogens with one attached hydrogen (secondary N) is 1. The second-order valence-electron chi connectivity index (χ2n) is 10.6. The van der Waals surface area contributed by atoms with Gasteiger partial charge >= 0.3 is 0 Å². The molecular formula is C39H38N2S. The zero-order valence-corrected chi connectivity index (χ0v) is 25.5. The van der Waals surface area contributed by atoms with Gasteiger partial charge in [0, 0.05) is 41.5 Å². The van der Waals surface area contributed by atoms with E-state index in [0.29, 0.717) is 0 Å². The molecule has 1 heterocycles. The van der Waals surface area contributed by atoms with Gasteiger partial charge in [0.05, 0.1) is 5.00 Å². The fraction of sp³-hybridized carbons (Fsp3) is 0.179. The van der Waals surface area contributed by atoms with Crippen molar-refractivity contribution in [3.05, 3.63) is 144 Å². The van der Waals surface area contributed by atoms with Crippen molar-refractivity contribution >= 4 is 32.8 Å². The maximum atomic E-state index is 3.55. The van der Waals surface area contributed by atoms with Gasteiger partial charge in [0.25, 0.3) is 0 Å². The average molecular weight is 567 g/mol. The Hall–Kier alpha value is -4.34. The largest absolute Gasteiger partial charge is 0.385 e. The van der Waals surface area contributed by atoms with Gasteiger partial charge in [-0.25, -0.2) is 0 Å². The van der Waals surface area contributed by atoms with Gasteiger partial charge in [0.1, 0.15) is 0 Å². The van der Waals surface area contributed by atoms with Crippen LogP contribution in [0.2, 0.25) is 0 Å². The number of hydrogen-bond acceptors (Lipinski definition) is 3. The summed E-state index contributed by atoms with van der Waals surface area (Å²) in [6, 6.07) is 46.9. The SMILES string of the molecule is CCNc1ccc(C(c2ccccc2)c2ccc(-c3ccc(-c4ccc(N(CC)CC)s4)cc3)cc2)c2ccccc12. The van der Waals surface area contributed by atoms with Crippen LogP contribution < -0.4 is 10.2 Å². The predicted molar refractivity (Wildman–Crippen MR) is 184 cm³/mol. The molecule has 1 aromatic heterocycles. The minimum atomic E-state index is 0.141. The lowest BCUT2D eigenvalue weighted by Crippen LogP contribution is -2.20. The van der Waals surface area contributed by atoms with E-state index in [9.17, 15) is 0 Å². The summed E-state index contributed by atoms with van der Waals surface area (Å²) in [7, 11) is 0. The summed E-state index contributed by atoms with van der Waals surface area (Å²) < 4.78 is 0. The van der Waals surface area contributed by atoms with E-state index >= 15 is 0 Å². The predicted octanol–water partition coefficient (Wildman–Crippen LogP) is 10.7. The molecule has 42 heavy (non-hydrogen) atoms. The first kappa shape index (κ1) is 27.8. The molecule has 1 N–H and O–H groups in total. The number of nitrogens with zero attached hydrogens (tertiary/aromatic N) is 1. The van der Waals surface area contributed by atoms with Crippen molar-refractivity contribution in [3.63, 3.8) is 0 Å². The van der Waals surface area contributed by atoms with Gasteiger partial charge in [0.2, 0.25) is 0 Å². The van der Waals surface area contributed by atoms with E-state index in [1.165, 1.54) is 59.7 Å². The number of hydrogen-bond donors (Lipinski definition) is 1. The molecule has 1 unspecified atom stereocenters. The highest BCUT2D eigenvalue weighted by molar-refractivity contribution is 7.19. The highest BCUT2D eigenvalue weighted by Gasteiger charge is 2.20. The quantitative estimate of drug-likeness (QED) is 0.166. The second-order valence-corrected chi connectivity index (χ2v) is 11.7. The molecule has 1 atom stereocenters. The Morgan fingerprint density at radius 2 is 1.17 bits per heavy atom. The minimum Gasteiger partial charge on any atom is -0.385 e. The van der Waals surface area contributed by atoms with Crippen molar-refractivity contribution in [1.29, 1.82) is 0 Å². The van der Waals surface area contributed by atoms with E-state index < -0.39 is 0 Å². The molecule has 3 heteroatoms. The van der Waals surface area contributed by atoms with Gasteiger partial charge in [-0.15, -0.1) is 11.3 Å². The Balaban J connectivity index is 1.33. The molecule has 0 aliphatic heterocycles. The van der Waals surface area contributed by atoms with Gasteiger partial charge in [0.15, 0.2) is 0 Å². The lowest BCUT2D eigenvalue weighted by atomic mass is 9.82. The summed E-state index contributed by atoms with van der Waals surface area (Å²) in [6.45, 7) is 9.55. The summed E-state index contributed by atoms with van der Waals surface area (Å²) in [5.74, 6) is 0.141. The molecule has 0 aliphatic rings. The van der Waals surface area contributed by atoms with Gasteiger partial charge < -0.3 is 10.2 Å². The van der Waals surface area contributed by atoms with E-state index in [1.54, 1.807) is 0 Å². The molecule has 0 bridgehead atoms. The number of fused-ring (bicyclic) bond motifs is 1. The zero-order chi connectivity index (χ0) is 28.9. The third-order valence-electron chi connectivity index (χ3n) is 8.18. The Bertz CT molecular complexity index is 1750.